The van der Waals surface area contributed by atoms with Gasteiger partial charge in [-0.15, -0.1) is 0 Å². The predicted octanol–water partition coefficient (Wildman–Crippen LogP) is 6.37. The number of hydrogen-bond donors (Lipinski definition) is 0. The maximum Gasteiger partial charge on any atom is 0.419 e. The van der Waals surface area contributed by atoms with Gasteiger partial charge in [-0.1, -0.05) is 36.4 Å². The maximum atomic E-state index is 13.3. The van der Waals surface area contributed by atoms with Crippen LogP contribution in [0.25, 0.3) is 10.9 Å². The Balaban J connectivity index is 1.74. The molecule has 0 radical (unpaired) electrons. The van der Waals surface area contributed by atoms with Crippen molar-refractivity contribution in [2.24, 2.45) is 0 Å². The van der Waals surface area contributed by atoms with Crippen LogP contribution in [-0.2, 0) is 16.2 Å². The van der Waals surface area contributed by atoms with Gasteiger partial charge in [0, 0.05) is 23.1 Å². The Kier molecular flexibility index (Phi) is 5.53. The second kappa shape index (κ2) is 8.56. The molecule has 1 aromatic heterocycles. The van der Waals surface area contributed by atoms with E-state index in [2.05, 4.69) is 0 Å². The number of carbonyl (C=O) groups excluding carboxylic acids is 1. The average molecular weight is 472 g/mol. The zero-order chi connectivity index (χ0) is 24.7. The van der Waals surface area contributed by atoms with Gasteiger partial charge in [0.25, 0.3) is 5.69 Å². The molecular formula is C27H25N3O5. The highest BCUT2D eigenvalue weighted by Crippen LogP contribution is 2.44. The van der Waals surface area contributed by atoms with E-state index in [0.717, 1.165) is 27.7 Å². The molecule has 2 heterocycles. The first-order chi connectivity index (χ1) is 16.7. The quantitative estimate of drug-likeness (QED) is 0.255. The van der Waals surface area contributed by atoms with Crippen LogP contribution in [0, 0.1) is 10.1 Å². The maximum absolute atomic E-state index is 13.3. The van der Waals surface area contributed by atoms with E-state index in [9.17, 15) is 14.9 Å². The Bertz CT molecular complexity index is 1400. The minimum absolute atomic E-state index is 0.00754. The highest BCUT2D eigenvalue weighted by atomic mass is 16.7. The van der Waals surface area contributed by atoms with Gasteiger partial charge in [0.05, 0.1) is 21.8 Å². The lowest BCUT2D eigenvalue weighted by molar-refractivity contribution is -0.384. The summed E-state index contributed by atoms with van der Waals surface area (Å²) in [6.45, 7) is 5.64. The summed E-state index contributed by atoms with van der Waals surface area (Å²) < 4.78 is 7.31. The fraction of sp³-hybridized carbons (Fsp3) is 0.222. The number of anilines is 1. The third kappa shape index (κ3) is 4.13. The second-order valence-corrected chi connectivity index (χ2v) is 9.38. The fourth-order valence-corrected chi connectivity index (χ4v) is 4.48. The van der Waals surface area contributed by atoms with Crippen LogP contribution >= 0.6 is 0 Å². The number of rotatable bonds is 3. The van der Waals surface area contributed by atoms with E-state index in [1.807, 2.05) is 75.4 Å². The molecular weight excluding hydrogens is 446 g/mol. The van der Waals surface area contributed by atoms with Gasteiger partial charge in [-0.3, -0.25) is 15.0 Å². The molecule has 0 bridgehead atoms. The van der Waals surface area contributed by atoms with E-state index in [1.165, 1.54) is 12.1 Å². The second-order valence-electron chi connectivity index (χ2n) is 9.38. The number of benzene rings is 3. The lowest BCUT2D eigenvalue weighted by atomic mass is 9.94. The molecule has 8 heteroatoms. The molecule has 8 nitrogen and oxygen atoms in total. The SMILES string of the molecule is CC(C)(C)OC(=O)n1c2c(c3ccccc31)C(c1ccc([N+](=O)[O-])cc1)N(c1ccccc1)OC2. The summed E-state index contributed by atoms with van der Waals surface area (Å²) in [5.41, 5.74) is 3.28. The van der Waals surface area contributed by atoms with Crippen LogP contribution in [-0.4, -0.2) is 21.2 Å². The third-order valence-corrected chi connectivity index (χ3v) is 5.87. The highest BCUT2D eigenvalue weighted by Gasteiger charge is 2.37. The molecule has 0 saturated heterocycles. The predicted molar refractivity (Wildman–Crippen MR) is 132 cm³/mol. The van der Waals surface area contributed by atoms with Crippen molar-refractivity contribution >= 4 is 28.4 Å². The van der Waals surface area contributed by atoms with Crippen molar-refractivity contribution in [2.45, 2.75) is 39.0 Å². The molecule has 0 amide bonds. The van der Waals surface area contributed by atoms with Gasteiger partial charge in [0.1, 0.15) is 18.2 Å². The number of fused-ring (bicyclic) bond motifs is 3. The molecule has 3 aromatic carbocycles. The number of non-ortho nitro benzene ring substituents is 1. The van der Waals surface area contributed by atoms with E-state index in [1.54, 1.807) is 21.8 Å². The zero-order valence-electron chi connectivity index (χ0n) is 19.7. The Morgan fingerprint density at radius 2 is 1.66 bits per heavy atom. The van der Waals surface area contributed by atoms with E-state index < -0.39 is 22.7 Å². The van der Waals surface area contributed by atoms with Crippen LogP contribution in [0.2, 0.25) is 0 Å². The van der Waals surface area contributed by atoms with E-state index in [4.69, 9.17) is 9.57 Å². The summed E-state index contributed by atoms with van der Waals surface area (Å²) in [4.78, 5) is 30.4. The first kappa shape index (κ1) is 22.6. The highest BCUT2D eigenvalue weighted by molar-refractivity contribution is 5.95. The number of nitro benzene ring substituents is 1. The molecule has 0 saturated carbocycles. The molecule has 0 aliphatic carbocycles. The van der Waals surface area contributed by atoms with Crippen molar-refractivity contribution in [3.8, 4) is 0 Å². The van der Waals surface area contributed by atoms with Gasteiger partial charge >= 0.3 is 6.09 Å². The van der Waals surface area contributed by atoms with Gasteiger partial charge in [-0.2, -0.15) is 0 Å². The van der Waals surface area contributed by atoms with Crippen LogP contribution in [0.4, 0.5) is 16.2 Å². The average Bonchev–Trinajstić information content (AvgIpc) is 3.17. The van der Waals surface area contributed by atoms with Crippen molar-refractivity contribution in [1.29, 1.82) is 0 Å². The number of ether oxygens (including phenoxy) is 1. The van der Waals surface area contributed by atoms with E-state index in [0.29, 0.717) is 5.69 Å². The van der Waals surface area contributed by atoms with Gasteiger partial charge in [-0.25, -0.2) is 14.4 Å². The first-order valence-electron chi connectivity index (χ1n) is 11.3. The minimum Gasteiger partial charge on any atom is -0.443 e. The van der Waals surface area contributed by atoms with Gasteiger partial charge in [0.15, 0.2) is 0 Å². The number of nitrogens with zero attached hydrogens (tertiary/aromatic N) is 3. The van der Waals surface area contributed by atoms with Crippen LogP contribution in [0.5, 0.6) is 0 Å². The molecule has 1 aliphatic heterocycles. The molecule has 0 fully saturated rings. The van der Waals surface area contributed by atoms with Crippen molar-refractivity contribution in [3.05, 3.63) is 106 Å². The Hall–Kier alpha value is -4.17. The third-order valence-electron chi connectivity index (χ3n) is 5.87. The largest absolute Gasteiger partial charge is 0.443 e. The Morgan fingerprint density at radius 1 is 1.00 bits per heavy atom. The minimum atomic E-state index is -0.668. The molecule has 178 valence electrons. The van der Waals surface area contributed by atoms with Crippen LogP contribution in [0.3, 0.4) is 0 Å². The van der Waals surface area contributed by atoms with Crippen molar-refractivity contribution in [1.82, 2.24) is 4.57 Å². The standard InChI is InChI=1S/C27H25N3O5/c1-27(2,3)35-26(31)28-22-12-8-7-11-21(22)24-23(28)17-34-29(19-9-5-4-6-10-19)25(24)18-13-15-20(16-14-18)30(32)33/h4-16,25H,17H2,1-3H3. The monoisotopic (exact) mass is 471 g/mol. The van der Waals surface area contributed by atoms with Crippen LogP contribution in [0.15, 0.2) is 78.9 Å². The number of carbonyl (C=O) groups is 1. The topological polar surface area (TPSA) is 86.8 Å². The van der Waals surface area contributed by atoms with Crippen molar-refractivity contribution in [2.75, 3.05) is 5.06 Å². The summed E-state index contributed by atoms with van der Waals surface area (Å²) in [6.07, 6.45) is -0.478. The lowest BCUT2D eigenvalue weighted by Gasteiger charge is -2.37. The van der Waals surface area contributed by atoms with Crippen LogP contribution in [0.1, 0.15) is 43.6 Å². The van der Waals surface area contributed by atoms with Crippen molar-refractivity contribution < 1.29 is 19.3 Å². The summed E-state index contributed by atoms with van der Waals surface area (Å²) >= 11 is 0. The van der Waals surface area contributed by atoms with E-state index in [-0.39, 0.29) is 12.3 Å². The number of hydroxylamine groups is 1. The number of nitro groups is 1. The van der Waals surface area contributed by atoms with Crippen LogP contribution < -0.4 is 5.06 Å². The van der Waals surface area contributed by atoms with Crippen molar-refractivity contribution in [3.63, 3.8) is 0 Å². The van der Waals surface area contributed by atoms with Gasteiger partial charge in [0.2, 0.25) is 0 Å². The summed E-state index contributed by atoms with van der Waals surface area (Å²) in [5.74, 6) is 0. The summed E-state index contributed by atoms with van der Waals surface area (Å²) in [5, 5.41) is 13.9. The normalized spacial score (nSPS) is 15.6. The van der Waals surface area contributed by atoms with Gasteiger partial charge < -0.3 is 4.74 Å². The molecule has 1 atom stereocenters. The lowest BCUT2D eigenvalue weighted by Crippen LogP contribution is -2.36. The smallest absolute Gasteiger partial charge is 0.419 e. The summed E-state index contributed by atoms with van der Waals surface area (Å²) in [6, 6.07) is 23.3. The van der Waals surface area contributed by atoms with E-state index >= 15 is 0 Å². The molecule has 4 aromatic rings. The molecule has 35 heavy (non-hydrogen) atoms. The molecule has 0 spiro atoms. The Morgan fingerprint density at radius 3 is 2.31 bits per heavy atom. The molecule has 1 unspecified atom stereocenters. The number of para-hydroxylation sites is 2. The molecule has 0 N–H and O–H groups in total. The fourth-order valence-electron chi connectivity index (χ4n) is 4.48. The zero-order valence-corrected chi connectivity index (χ0v) is 19.7. The number of hydrogen-bond acceptors (Lipinski definition) is 6. The molecule has 5 rings (SSSR count). The first-order valence-corrected chi connectivity index (χ1v) is 11.3. The Labute approximate surface area is 202 Å². The van der Waals surface area contributed by atoms with Gasteiger partial charge in [-0.05, 0) is 56.7 Å². The number of aromatic nitrogens is 1. The summed E-state index contributed by atoms with van der Waals surface area (Å²) in [7, 11) is 0. The molecule has 1 aliphatic rings.